The quantitative estimate of drug-likeness (QED) is 0.250. The third kappa shape index (κ3) is 59.0. The zero-order chi connectivity index (χ0) is 3.58. The average molecular weight is 119 g/mol. The first kappa shape index (κ1) is 15.7. The van der Waals surface area contributed by atoms with Gasteiger partial charge in [-0.15, -0.1) is 0 Å². The SMILES string of the molecule is O=[PH](O)O.[AlH2].[H-].[Li+]. The van der Waals surface area contributed by atoms with Crippen LogP contribution in [-0.4, -0.2) is 27.1 Å². The van der Waals surface area contributed by atoms with Crippen LogP contribution >= 0.6 is 8.25 Å². The van der Waals surface area contributed by atoms with E-state index >= 15 is 0 Å². The van der Waals surface area contributed by atoms with Crippen LogP contribution in [0.5, 0.6) is 0 Å². The van der Waals surface area contributed by atoms with Gasteiger partial charge < -0.3 is 11.2 Å². The Kier molecular flexibility index (Phi) is 25.0. The topological polar surface area (TPSA) is 57.5 Å². The first-order chi connectivity index (χ1) is 1.73. The summed E-state index contributed by atoms with van der Waals surface area (Å²) in [7, 11) is -3.13. The number of hydrogen-bond acceptors (Lipinski definition) is 1. The predicted octanol–water partition coefficient (Wildman–Crippen LogP) is -4.44. The van der Waals surface area contributed by atoms with Gasteiger partial charge in [0.25, 0.3) is 0 Å². The second-order valence-corrected chi connectivity index (χ2v) is 0.848. The molecule has 0 heterocycles. The maximum absolute atomic E-state index is 8.74. The molecule has 0 aliphatic heterocycles. The van der Waals surface area contributed by atoms with E-state index < -0.39 is 8.25 Å². The monoisotopic (exact) mass is 119 g/mol. The van der Waals surface area contributed by atoms with Gasteiger partial charge in [-0.05, 0) is 0 Å². The van der Waals surface area contributed by atoms with E-state index in [1.165, 1.54) is 0 Å². The molecule has 0 rings (SSSR count). The summed E-state index contributed by atoms with van der Waals surface area (Å²) in [5, 5.41) is 0. The van der Waals surface area contributed by atoms with Crippen LogP contribution in [-0.2, 0) is 4.57 Å². The Bertz CT molecular complexity index is 37.9. The van der Waals surface area contributed by atoms with Gasteiger partial charge in [-0.1, -0.05) is 0 Å². The van der Waals surface area contributed by atoms with Crippen LogP contribution < -0.4 is 18.9 Å². The molecule has 0 aromatic carbocycles. The van der Waals surface area contributed by atoms with Crippen LogP contribution in [0.4, 0.5) is 0 Å². The zero-order valence-corrected chi connectivity index (χ0v) is 6.80. The smallest absolute Gasteiger partial charge is 1.00 e. The number of hydrogen-bond donors (Lipinski definition) is 2. The molecule has 0 aromatic heterocycles. The van der Waals surface area contributed by atoms with Crippen molar-refractivity contribution in [2.75, 3.05) is 0 Å². The van der Waals surface area contributed by atoms with Crippen molar-refractivity contribution < 1.29 is 34.6 Å². The Morgan fingerprint density at radius 3 is 1.50 bits per heavy atom. The molecular weight excluding hydrogens is 113 g/mol. The second kappa shape index (κ2) is 9.56. The fourth-order valence-electron chi connectivity index (χ4n) is 0. The van der Waals surface area contributed by atoms with Gasteiger partial charge in [-0.25, -0.2) is 0 Å². The van der Waals surface area contributed by atoms with Crippen molar-refractivity contribution in [2.45, 2.75) is 0 Å². The third-order valence-corrected chi connectivity index (χ3v) is 0. The predicted molar refractivity (Wildman–Crippen MR) is 23.1 cm³/mol. The van der Waals surface area contributed by atoms with Crippen molar-refractivity contribution in [3.05, 3.63) is 0 Å². The van der Waals surface area contributed by atoms with E-state index in [-0.39, 0.29) is 37.6 Å². The molecule has 0 aliphatic carbocycles. The molecule has 0 saturated heterocycles. The molecule has 0 aromatic rings. The van der Waals surface area contributed by atoms with Gasteiger partial charge in [0.1, 0.15) is 17.4 Å². The van der Waals surface area contributed by atoms with Crippen LogP contribution in [0.15, 0.2) is 0 Å². The molecule has 0 spiro atoms. The molecule has 0 fully saturated rings. The van der Waals surface area contributed by atoms with E-state index in [2.05, 4.69) is 0 Å². The van der Waals surface area contributed by atoms with Gasteiger partial charge in [0.2, 0.25) is 0 Å². The molecule has 0 atom stereocenters. The van der Waals surface area contributed by atoms with Gasteiger partial charge in [0.05, 0.1) is 0 Å². The summed E-state index contributed by atoms with van der Waals surface area (Å²) in [6.45, 7) is 0. The van der Waals surface area contributed by atoms with Crippen LogP contribution in [0.2, 0.25) is 0 Å². The normalized spacial score (nSPS) is 5.83. The maximum Gasteiger partial charge on any atom is 1.00 e. The number of rotatable bonds is 0. The van der Waals surface area contributed by atoms with Crippen molar-refractivity contribution in [2.24, 2.45) is 0 Å². The molecule has 0 aliphatic rings. The van der Waals surface area contributed by atoms with Gasteiger partial charge in [-0.3, -0.25) is 4.57 Å². The minimum atomic E-state index is -3.13. The van der Waals surface area contributed by atoms with Crippen molar-refractivity contribution in [3.63, 3.8) is 0 Å². The molecule has 1 radical (unpaired) electrons. The molecule has 0 saturated carbocycles. The summed E-state index contributed by atoms with van der Waals surface area (Å²) >= 11 is 0. The largest absolute Gasteiger partial charge is 1.00 e. The molecule has 3 nitrogen and oxygen atoms in total. The molecule has 0 bridgehead atoms. The van der Waals surface area contributed by atoms with Crippen LogP contribution in [0, 0.1) is 0 Å². The average Bonchev–Trinajstić information content (AvgIpc) is 0.811. The fourth-order valence-corrected chi connectivity index (χ4v) is 0. The van der Waals surface area contributed by atoms with E-state index in [1.807, 2.05) is 0 Å². The van der Waals surface area contributed by atoms with E-state index in [9.17, 15) is 0 Å². The Morgan fingerprint density at radius 1 is 1.50 bits per heavy atom. The van der Waals surface area contributed by atoms with E-state index in [1.54, 1.807) is 0 Å². The molecule has 0 unspecified atom stereocenters. The Morgan fingerprint density at radius 2 is 1.50 bits per heavy atom. The molecule has 33 valence electrons. The van der Waals surface area contributed by atoms with Crippen molar-refractivity contribution in [1.82, 2.24) is 0 Å². The molecule has 6 heavy (non-hydrogen) atoms. The van der Waals surface area contributed by atoms with Gasteiger partial charge in [0, 0.05) is 0 Å². The Balaban J connectivity index is -0.0000000150. The van der Waals surface area contributed by atoms with E-state index in [0.29, 0.717) is 0 Å². The summed E-state index contributed by atoms with van der Waals surface area (Å²) in [5.74, 6) is 0. The Hall–Kier alpha value is 1.28. The van der Waals surface area contributed by atoms with Gasteiger partial charge >= 0.3 is 27.1 Å². The summed E-state index contributed by atoms with van der Waals surface area (Å²) in [6, 6.07) is 0. The van der Waals surface area contributed by atoms with Gasteiger partial charge in [-0.2, -0.15) is 0 Å². The van der Waals surface area contributed by atoms with Crippen LogP contribution in [0.25, 0.3) is 0 Å². The first-order valence-corrected chi connectivity index (χ1v) is 1.95. The van der Waals surface area contributed by atoms with Crippen LogP contribution in [0.3, 0.4) is 0 Å². The summed E-state index contributed by atoms with van der Waals surface area (Å²) < 4.78 is 8.74. The standard InChI is InChI=1S/Al.Li.H3O3P.3H/c;;1-4(2)3;;;/h;;4H,(H2,1,2,3);;;/q;+1;;;;-1. The minimum absolute atomic E-state index is 0. The summed E-state index contributed by atoms with van der Waals surface area (Å²) in [4.78, 5) is 14.3. The second-order valence-electron chi connectivity index (χ2n) is 0.283. The molecule has 6 heteroatoms. The van der Waals surface area contributed by atoms with Crippen molar-refractivity contribution >= 4 is 25.6 Å². The summed E-state index contributed by atoms with van der Waals surface area (Å²) in [6.07, 6.45) is 0. The molecule has 0 amide bonds. The van der Waals surface area contributed by atoms with Crippen molar-refractivity contribution in [1.29, 1.82) is 0 Å². The Labute approximate surface area is 60.5 Å². The van der Waals surface area contributed by atoms with Gasteiger partial charge in [0.15, 0.2) is 0 Å². The molecular formula is H6AlLiO3P. The van der Waals surface area contributed by atoms with E-state index in [0.717, 1.165) is 0 Å². The van der Waals surface area contributed by atoms with Crippen LogP contribution in [0.1, 0.15) is 1.43 Å². The van der Waals surface area contributed by atoms with Crippen molar-refractivity contribution in [3.8, 4) is 0 Å². The fraction of sp³-hybridized carbons (Fsp3) is 0. The third-order valence-electron chi connectivity index (χ3n) is 0. The molecule has 2 N–H and O–H groups in total. The first-order valence-electron chi connectivity index (χ1n) is 0.651. The minimum Gasteiger partial charge on any atom is -1.00 e. The maximum atomic E-state index is 8.74. The summed E-state index contributed by atoms with van der Waals surface area (Å²) in [5.41, 5.74) is 0. The van der Waals surface area contributed by atoms with E-state index in [4.69, 9.17) is 14.4 Å². The zero-order valence-electron chi connectivity index (χ0n) is 4.80.